The first kappa shape index (κ1) is 38.2. The van der Waals surface area contributed by atoms with Crippen molar-refractivity contribution in [2.45, 2.75) is 109 Å². The van der Waals surface area contributed by atoms with Gasteiger partial charge in [0.15, 0.2) is 0 Å². The van der Waals surface area contributed by atoms with Crippen LogP contribution in [0.5, 0.6) is 0 Å². The third kappa shape index (κ3) is 17.6. The van der Waals surface area contributed by atoms with Crippen LogP contribution in [0.1, 0.15) is 124 Å². The van der Waals surface area contributed by atoms with Gasteiger partial charge in [0, 0.05) is 0 Å². The Morgan fingerprint density at radius 3 is 1.67 bits per heavy atom. The number of rotatable bonds is 21. The summed E-state index contributed by atoms with van der Waals surface area (Å²) in [6.07, 6.45) is 22.7. The number of esters is 2. The van der Waals surface area contributed by atoms with Gasteiger partial charge in [-0.2, -0.15) is 0 Å². The third-order valence-electron chi connectivity index (χ3n) is 6.04. The standard InChI is InChI=1S/C30H46O7S.K/c1-3-5-7-9-11-13-15-17-19-24-36-29(31)26-22-21-23-27(38(33,34)35)28(26)30(32)37-25-20-18-16-14-12-10-8-6-4-2;/h15-18,21-23H,3-14,19-20,24-25H2,1-2H3,(H,33,34,35);/q;+1/p-1/b17-15+,18-16+;. The Hall–Kier alpha value is -0.814. The van der Waals surface area contributed by atoms with Crippen LogP contribution in [-0.4, -0.2) is 38.1 Å². The quantitative estimate of drug-likeness (QED) is 0.0683. The van der Waals surface area contributed by atoms with Crippen LogP contribution >= 0.6 is 0 Å². The van der Waals surface area contributed by atoms with Crippen molar-refractivity contribution >= 4 is 22.1 Å². The Balaban J connectivity index is 0.0000144. The van der Waals surface area contributed by atoms with Gasteiger partial charge in [-0.15, -0.1) is 0 Å². The molecule has 0 saturated heterocycles. The topological polar surface area (TPSA) is 110 Å². The zero-order valence-corrected chi connectivity index (χ0v) is 28.1. The van der Waals surface area contributed by atoms with Crippen molar-refractivity contribution in [3.05, 3.63) is 53.6 Å². The first-order valence-electron chi connectivity index (χ1n) is 14.1. The van der Waals surface area contributed by atoms with E-state index in [1.165, 1.54) is 63.5 Å². The van der Waals surface area contributed by atoms with Gasteiger partial charge in [-0.05, 0) is 50.7 Å². The number of ether oxygens (including phenoxy) is 2. The van der Waals surface area contributed by atoms with E-state index in [0.717, 1.165) is 31.7 Å². The van der Waals surface area contributed by atoms with Crippen molar-refractivity contribution in [2.24, 2.45) is 0 Å². The summed E-state index contributed by atoms with van der Waals surface area (Å²) >= 11 is 0. The molecule has 0 aliphatic carbocycles. The molecule has 1 aromatic rings. The molecule has 7 nitrogen and oxygen atoms in total. The number of unbranched alkanes of at least 4 members (excludes halogenated alkanes) is 10. The Labute approximate surface area is 278 Å². The first-order chi connectivity index (χ1) is 18.3. The van der Waals surface area contributed by atoms with Crippen LogP contribution < -0.4 is 51.4 Å². The number of hydrogen-bond acceptors (Lipinski definition) is 7. The molecule has 0 unspecified atom stereocenters. The fourth-order valence-corrected chi connectivity index (χ4v) is 4.60. The van der Waals surface area contributed by atoms with E-state index in [0.29, 0.717) is 12.8 Å². The number of hydrogen-bond donors (Lipinski definition) is 0. The van der Waals surface area contributed by atoms with Crippen LogP contribution in [0, 0.1) is 0 Å². The molecular weight excluding hydrogens is 543 g/mol. The molecule has 9 heteroatoms. The van der Waals surface area contributed by atoms with Crippen LogP contribution in [0.3, 0.4) is 0 Å². The fraction of sp³-hybridized carbons (Fsp3) is 0.600. The molecule has 39 heavy (non-hydrogen) atoms. The maximum Gasteiger partial charge on any atom is 1.00 e. The largest absolute Gasteiger partial charge is 1.00 e. The molecule has 0 aliphatic heterocycles. The average molecular weight is 589 g/mol. The second kappa shape index (κ2) is 23.8. The first-order valence-corrected chi connectivity index (χ1v) is 15.5. The molecule has 0 N–H and O–H groups in total. The van der Waals surface area contributed by atoms with E-state index in [9.17, 15) is 22.6 Å². The maximum atomic E-state index is 12.7. The Bertz CT molecular complexity index is 987. The number of carbonyl (C=O) groups excluding carboxylic acids is 2. The molecule has 0 radical (unpaired) electrons. The van der Waals surface area contributed by atoms with E-state index < -0.39 is 32.5 Å². The predicted molar refractivity (Wildman–Crippen MR) is 149 cm³/mol. The van der Waals surface area contributed by atoms with Crippen LogP contribution in [0.4, 0.5) is 0 Å². The van der Waals surface area contributed by atoms with Crippen molar-refractivity contribution in [1.82, 2.24) is 0 Å². The van der Waals surface area contributed by atoms with Crippen molar-refractivity contribution < 1.29 is 83.4 Å². The van der Waals surface area contributed by atoms with E-state index in [-0.39, 0.29) is 70.2 Å². The van der Waals surface area contributed by atoms with E-state index in [1.807, 2.05) is 24.3 Å². The smallest absolute Gasteiger partial charge is 0.744 e. The number of carbonyl (C=O) groups is 2. The minimum atomic E-state index is -5.01. The second-order valence-electron chi connectivity index (χ2n) is 9.33. The van der Waals surface area contributed by atoms with Gasteiger partial charge in [-0.3, -0.25) is 0 Å². The Morgan fingerprint density at radius 1 is 0.718 bits per heavy atom. The molecule has 1 aromatic carbocycles. The molecule has 0 amide bonds. The summed E-state index contributed by atoms with van der Waals surface area (Å²) in [4.78, 5) is 24.6. The Kier molecular flexibility index (Phi) is 23.4. The van der Waals surface area contributed by atoms with E-state index in [4.69, 9.17) is 9.47 Å². The molecule has 1 rings (SSSR count). The fourth-order valence-electron chi connectivity index (χ4n) is 3.91. The zero-order valence-electron chi connectivity index (χ0n) is 24.1. The van der Waals surface area contributed by atoms with Gasteiger partial charge < -0.3 is 14.0 Å². The van der Waals surface area contributed by atoms with E-state index >= 15 is 0 Å². The maximum absolute atomic E-state index is 12.7. The monoisotopic (exact) mass is 588 g/mol. The summed E-state index contributed by atoms with van der Waals surface area (Å²) in [5, 5.41) is 0. The van der Waals surface area contributed by atoms with Gasteiger partial charge in [0.25, 0.3) is 0 Å². The molecule has 214 valence electrons. The van der Waals surface area contributed by atoms with Crippen molar-refractivity contribution in [1.29, 1.82) is 0 Å². The van der Waals surface area contributed by atoms with Crippen LogP contribution in [0.15, 0.2) is 47.4 Å². The van der Waals surface area contributed by atoms with Gasteiger partial charge in [-0.1, -0.05) is 95.6 Å². The van der Waals surface area contributed by atoms with Gasteiger partial charge in [0.1, 0.15) is 10.1 Å². The summed E-state index contributed by atoms with van der Waals surface area (Å²) in [5.41, 5.74) is -0.871. The number of allylic oxidation sites excluding steroid dienone is 2. The molecule has 0 aromatic heterocycles. The van der Waals surface area contributed by atoms with E-state index in [1.54, 1.807) is 0 Å². The van der Waals surface area contributed by atoms with Gasteiger partial charge in [0.2, 0.25) is 0 Å². The van der Waals surface area contributed by atoms with Crippen molar-refractivity contribution in [3.63, 3.8) is 0 Å². The Morgan fingerprint density at radius 2 is 1.18 bits per heavy atom. The summed E-state index contributed by atoms with van der Waals surface area (Å²) < 4.78 is 45.8. The zero-order chi connectivity index (χ0) is 28.1. The van der Waals surface area contributed by atoms with Crippen LogP contribution in [0.25, 0.3) is 0 Å². The van der Waals surface area contributed by atoms with Crippen LogP contribution in [-0.2, 0) is 19.6 Å². The normalized spacial score (nSPS) is 11.6. The molecule has 0 saturated carbocycles. The molecule has 0 fully saturated rings. The summed E-state index contributed by atoms with van der Waals surface area (Å²) in [6, 6.07) is 3.50. The minimum absolute atomic E-state index is 0. The average Bonchev–Trinajstić information content (AvgIpc) is 2.89. The molecule has 0 spiro atoms. The SMILES string of the molecule is CCCCCCC/C=C/CCOC(=O)c1cccc(S(=O)(=O)[O-])c1C(=O)OCC/C=C/CCCCCCC.[K+]. The molecule has 0 bridgehead atoms. The summed E-state index contributed by atoms with van der Waals surface area (Å²) in [5.74, 6) is -1.92. The predicted octanol–water partition coefficient (Wildman–Crippen LogP) is 4.52. The van der Waals surface area contributed by atoms with Gasteiger partial charge in [-0.25, -0.2) is 18.0 Å². The summed E-state index contributed by atoms with van der Waals surface area (Å²) in [7, 11) is -5.01. The second-order valence-corrected chi connectivity index (χ2v) is 10.7. The number of benzene rings is 1. The van der Waals surface area contributed by atoms with Crippen LogP contribution in [0.2, 0.25) is 0 Å². The van der Waals surface area contributed by atoms with E-state index in [2.05, 4.69) is 13.8 Å². The summed E-state index contributed by atoms with van der Waals surface area (Å²) in [6.45, 7) is 4.42. The third-order valence-corrected chi connectivity index (χ3v) is 6.92. The minimum Gasteiger partial charge on any atom is -0.744 e. The van der Waals surface area contributed by atoms with Crippen molar-refractivity contribution in [3.8, 4) is 0 Å². The molecular formula is C30H45KO7S. The van der Waals surface area contributed by atoms with Gasteiger partial charge >= 0.3 is 63.3 Å². The van der Waals surface area contributed by atoms with Gasteiger partial charge in [0.05, 0.1) is 29.2 Å². The molecule has 0 atom stereocenters. The molecule has 0 heterocycles. The van der Waals surface area contributed by atoms with Crippen molar-refractivity contribution in [2.75, 3.05) is 13.2 Å². The molecule has 0 aliphatic rings.